The minimum atomic E-state index is -0.363. The zero-order chi connectivity index (χ0) is 15.1. The van der Waals surface area contributed by atoms with Crippen LogP contribution < -0.4 is 10.6 Å². The Morgan fingerprint density at radius 1 is 1.52 bits per heavy atom. The summed E-state index contributed by atoms with van der Waals surface area (Å²) in [6.45, 7) is 1.93. The van der Waals surface area contributed by atoms with Crippen LogP contribution in [-0.4, -0.2) is 26.8 Å². The van der Waals surface area contributed by atoms with E-state index in [1.807, 2.05) is 11.6 Å². The smallest absolute Gasteiger partial charge is 0.321 e. The van der Waals surface area contributed by atoms with Crippen molar-refractivity contribution < 1.29 is 4.79 Å². The molecule has 7 heteroatoms. The van der Waals surface area contributed by atoms with Gasteiger partial charge in [0.25, 0.3) is 0 Å². The molecule has 0 radical (unpaired) electrons. The quantitative estimate of drug-likeness (QED) is 0.871. The lowest BCUT2D eigenvalue weighted by atomic mass is 9.96. The van der Waals surface area contributed by atoms with Crippen molar-refractivity contribution in [1.29, 1.82) is 5.26 Å². The second kappa shape index (κ2) is 7.62. The van der Waals surface area contributed by atoms with Gasteiger partial charge >= 0.3 is 6.03 Å². The van der Waals surface area contributed by atoms with Crippen molar-refractivity contribution in [2.75, 3.05) is 5.32 Å². The van der Waals surface area contributed by atoms with Crippen LogP contribution in [0.1, 0.15) is 57.9 Å². The third kappa shape index (κ3) is 4.45. The molecular weight excluding hydrogens is 268 g/mol. The Morgan fingerprint density at radius 2 is 2.29 bits per heavy atom. The summed E-state index contributed by atoms with van der Waals surface area (Å²) < 4.78 is 1.85. The molecule has 1 heterocycles. The summed E-state index contributed by atoms with van der Waals surface area (Å²) in [6, 6.07) is 1.95. The van der Waals surface area contributed by atoms with Crippen molar-refractivity contribution in [3.05, 3.63) is 6.33 Å². The second-order valence-corrected chi connectivity index (χ2v) is 5.41. The monoisotopic (exact) mass is 290 g/mol. The second-order valence-electron chi connectivity index (χ2n) is 5.41. The Hall–Kier alpha value is -2.10. The number of nitriles is 1. The molecule has 0 spiro atoms. The van der Waals surface area contributed by atoms with Gasteiger partial charge in [0.15, 0.2) is 0 Å². The highest BCUT2D eigenvalue weighted by molar-refractivity contribution is 5.87. The van der Waals surface area contributed by atoms with Crippen LogP contribution in [0.2, 0.25) is 0 Å². The lowest BCUT2D eigenvalue weighted by molar-refractivity contribution is 0.248. The Morgan fingerprint density at radius 3 is 2.95 bits per heavy atom. The minimum absolute atomic E-state index is 0.143. The van der Waals surface area contributed by atoms with Crippen molar-refractivity contribution >= 4 is 12.0 Å². The van der Waals surface area contributed by atoms with Gasteiger partial charge in [0.2, 0.25) is 5.95 Å². The number of amides is 2. The molecule has 1 aliphatic carbocycles. The highest BCUT2D eigenvalue weighted by Crippen LogP contribution is 2.27. The van der Waals surface area contributed by atoms with E-state index in [0.29, 0.717) is 24.8 Å². The largest absolute Gasteiger partial charge is 0.334 e. The molecule has 0 aromatic carbocycles. The average Bonchev–Trinajstić information content (AvgIpc) is 2.96. The third-order valence-electron chi connectivity index (χ3n) is 3.85. The van der Waals surface area contributed by atoms with E-state index in [9.17, 15) is 4.79 Å². The van der Waals surface area contributed by atoms with Crippen LogP contribution in [0.15, 0.2) is 6.33 Å². The van der Waals surface area contributed by atoms with E-state index < -0.39 is 0 Å². The first-order chi connectivity index (χ1) is 10.2. The number of hydrogen-bond donors (Lipinski definition) is 2. The van der Waals surface area contributed by atoms with Crippen LogP contribution in [-0.2, 0) is 0 Å². The molecule has 1 saturated carbocycles. The van der Waals surface area contributed by atoms with Crippen LogP contribution in [0.3, 0.4) is 0 Å². The predicted molar refractivity (Wildman–Crippen MR) is 78.6 cm³/mol. The van der Waals surface area contributed by atoms with Gasteiger partial charge in [0.1, 0.15) is 6.33 Å². The van der Waals surface area contributed by atoms with Crippen molar-refractivity contribution in [3.63, 3.8) is 0 Å². The third-order valence-corrected chi connectivity index (χ3v) is 3.85. The molecule has 0 aliphatic heterocycles. The van der Waals surface area contributed by atoms with E-state index in [4.69, 9.17) is 5.26 Å². The summed E-state index contributed by atoms with van der Waals surface area (Å²) in [4.78, 5) is 15.9. The van der Waals surface area contributed by atoms with E-state index in [-0.39, 0.29) is 12.1 Å². The van der Waals surface area contributed by atoms with Gasteiger partial charge in [-0.15, -0.1) is 5.10 Å². The molecule has 1 fully saturated rings. The summed E-state index contributed by atoms with van der Waals surface area (Å²) in [5.74, 6) is 0.310. The van der Waals surface area contributed by atoms with Gasteiger partial charge in [0, 0.05) is 6.04 Å². The number of anilines is 1. The highest BCUT2D eigenvalue weighted by Gasteiger charge is 2.17. The number of nitrogens with zero attached hydrogens (tertiary/aromatic N) is 4. The van der Waals surface area contributed by atoms with Gasteiger partial charge in [-0.25, -0.2) is 14.5 Å². The summed E-state index contributed by atoms with van der Waals surface area (Å²) in [6.07, 6.45) is 8.66. The normalized spacial score (nSPS) is 17.0. The van der Waals surface area contributed by atoms with Crippen LogP contribution in [0.5, 0.6) is 0 Å². The molecule has 1 aliphatic rings. The molecule has 7 nitrogen and oxygen atoms in total. The topological polar surface area (TPSA) is 95.6 Å². The molecule has 2 N–H and O–H groups in total. The Balaban J connectivity index is 1.86. The summed E-state index contributed by atoms with van der Waals surface area (Å²) in [5.41, 5.74) is 0. The SMILES string of the molecule is CCC(CC#N)NC(=O)Nc1ncn(C2CCCCC2)n1. The number of urea groups is 1. The van der Waals surface area contributed by atoms with Crippen molar-refractivity contribution in [2.45, 2.75) is 64.0 Å². The maximum Gasteiger partial charge on any atom is 0.321 e. The van der Waals surface area contributed by atoms with Gasteiger partial charge in [-0.05, 0) is 19.3 Å². The standard InChI is InChI=1S/C14H22N6O/c1-2-11(8-9-15)17-14(21)18-13-16-10-20(19-13)12-6-4-3-5-7-12/h10-12H,2-8H2,1H3,(H2,17,18,19,21). The number of carbonyl (C=O) groups is 1. The van der Waals surface area contributed by atoms with E-state index in [1.165, 1.54) is 19.3 Å². The molecule has 0 bridgehead atoms. The average molecular weight is 290 g/mol. The molecule has 114 valence electrons. The summed E-state index contributed by atoms with van der Waals surface area (Å²) >= 11 is 0. The zero-order valence-corrected chi connectivity index (χ0v) is 12.4. The molecule has 1 aromatic heterocycles. The van der Waals surface area contributed by atoms with Crippen molar-refractivity contribution in [2.24, 2.45) is 0 Å². The fraction of sp³-hybridized carbons (Fsp3) is 0.714. The van der Waals surface area contributed by atoms with Crippen LogP contribution in [0.4, 0.5) is 10.7 Å². The van der Waals surface area contributed by atoms with Gasteiger partial charge in [-0.3, -0.25) is 5.32 Å². The first-order valence-corrected chi connectivity index (χ1v) is 7.58. The van der Waals surface area contributed by atoms with E-state index >= 15 is 0 Å². The van der Waals surface area contributed by atoms with Gasteiger partial charge in [-0.1, -0.05) is 26.2 Å². The molecule has 0 saturated heterocycles. The number of hydrogen-bond acceptors (Lipinski definition) is 4. The van der Waals surface area contributed by atoms with Gasteiger partial charge in [-0.2, -0.15) is 5.26 Å². The van der Waals surface area contributed by atoms with E-state index in [1.54, 1.807) is 6.33 Å². The molecular formula is C14H22N6O. The Kier molecular flexibility index (Phi) is 5.55. The maximum atomic E-state index is 11.8. The fourth-order valence-electron chi connectivity index (χ4n) is 2.58. The number of rotatable bonds is 5. The molecule has 2 rings (SSSR count). The van der Waals surface area contributed by atoms with Crippen LogP contribution in [0, 0.1) is 11.3 Å². The highest BCUT2D eigenvalue weighted by atomic mass is 16.2. The first-order valence-electron chi connectivity index (χ1n) is 7.58. The van der Waals surface area contributed by atoms with Crippen molar-refractivity contribution in [1.82, 2.24) is 20.1 Å². The summed E-state index contributed by atoms with van der Waals surface area (Å²) in [5, 5.41) is 18.4. The molecule has 1 atom stereocenters. The first kappa shape index (κ1) is 15.3. The summed E-state index contributed by atoms with van der Waals surface area (Å²) in [7, 11) is 0. The maximum absolute atomic E-state index is 11.8. The van der Waals surface area contributed by atoms with Crippen LogP contribution in [0.25, 0.3) is 0 Å². The Bertz CT molecular complexity index is 500. The van der Waals surface area contributed by atoms with Crippen molar-refractivity contribution in [3.8, 4) is 6.07 Å². The lowest BCUT2D eigenvalue weighted by Crippen LogP contribution is -2.37. The molecule has 2 amide bonds. The minimum Gasteiger partial charge on any atom is -0.334 e. The van der Waals surface area contributed by atoms with Crippen LogP contribution >= 0.6 is 0 Å². The number of nitrogens with one attached hydrogen (secondary N) is 2. The fourth-order valence-corrected chi connectivity index (χ4v) is 2.58. The lowest BCUT2D eigenvalue weighted by Gasteiger charge is -2.21. The molecule has 1 unspecified atom stereocenters. The number of carbonyl (C=O) groups excluding carboxylic acids is 1. The molecule has 1 aromatic rings. The van der Waals surface area contributed by atoms with Gasteiger partial charge in [0.05, 0.1) is 18.5 Å². The molecule has 21 heavy (non-hydrogen) atoms. The zero-order valence-electron chi connectivity index (χ0n) is 12.4. The number of aromatic nitrogens is 3. The Labute approximate surface area is 124 Å². The predicted octanol–water partition coefficient (Wildman–Crippen LogP) is 2.60. The van der Waals surface area contributed by atoms with Gasteiger partial charge < -0.3 is 5.32 Å². The van der Waals surface area contributed by atoms with E-state index in [0.717, 1.165) is 12.8 Å². The van der Waals surface area contributed by atoms with E-state index in [2.05, 4.69) is 26.8 Å².